The highest BCUT2D eigenvalue weighted by Crippen LogP contribution is 2.09. The Kier molecular flexibility index (Phi) is 3.72. The Morgan fingerprint density at radius 2 is 2.35 bits per heavy atom. The number of rotatable bonds is 4. The van der Waals surface area contributed by atoms with E-state index in [4.69, 9.17) is 11.6 Å². The van der Waals surface area contributed by atoms with Gasteiger partial charge in [0.15, 0.2) is 0 Å². The van der Waals surface area contributed by atoms with Gasteiger partial charge < -0.3 is 9.82 Å². The van der Waals surface area contributed by atoms with E-state index in [0.717, 1.165) is 16.9 Å². The van der Waals surface area contributed by atoms with Crippen LogP contribution >= 0.6 is 11.6 Å². The Bertz CT molecular complexity index is 517. The molecule has 0 saturated carbocycles. The van der Waals surface area contributed by atoms with Crippen molar-refractivity contribution in [3.8, 4) is 0 Å². The van der Waals surface area contributed by atoms with Gasteiger partial charge in [0, 0.05) is 6.42 Å². The predicted molar refractivity (Wildman–Crippen MR) is 65.1 cm³/mol. The number of benzene rings is 1. The Labute approximate surface area is 102 Å². The van der Waals surface area contributed by atoms with Crippen LogP contribution in [0.15, 0.2) is 29.4 Å². The molecule has 88 valence electrons. The number of oxime groups is 1. The van der Waals surface area contributed by atoms with Gasteiger partial charge in [-0.3, -0.25) is 0 Å². The molecule has 0 amide bonds. The van der Waals surface area contributed by atoms with Crippen LogP contribution in [0.5, 0.6) is 0 Å². The first-order valence-corrected chi connectivity index (χ1v) is 5.54. The number of nitrogens with one attached hydrogen (secondary N) is 1. The minimum Gasteiger partial charge on any atom is -0.342 e. The molecule has 0 unspecified atom stereocenters. The first-order valence-electron chi connectivity index (χ1n) is 5.01. The van der Waals surface area contributed by atoms with Gasteiger partial charge in [-0.15, -0.1) is 11.6 Å². The molecule has 1 heterocycles. The summed E-state index contributed by atoms with van der Waals surface area (Å²) in [6.45, 7) is 0. The lowest BCUT2D eigenvalue weighted by atomic mass is 10.3. The molecule has 5 nitrogen and oxygen atoms in total. The lowest BCUT2D eigenvalue weighted by Gasteiger charge is -1.90. The Hall–Kier alpha value is -1.88. The molecule has 1 N–H and O–H groups in total. The largest absolute Gasteiger partial charge is 0.349 e. The van der Waals surface area contributed by atoms with Crippen molar-refractivity contribution >= 4 is 34.8 Å². The standard InChI is InChI=1S/C11H10ClN3O2/c12-7-11(16)17-13-6-5-10-14-8-3-1-2-4-9(8)15-10/h1-4,6H,5,7H2,(H,14,15). The summed E-state index contributed by atoms with van der Waals surface area (Å²) >= 11 is 5.23. The highest BCUT2D eigenvalue weighted by molar-refractivity contribution is 6.26. The van der Waals surface area contributed by atoms with E-state index >= 15 is 0 Å². The molecule has 17 heavy (non-hydrogen) atoms. The van der Waals surface area contributed by atoms with Crippen molar-refractivity contribution in [3.63, 3.8) is 0 Å². The molecule has 2 rings (SSSR count). The van der Waals surface area contributed by atoms with Gasteiger partial charge in [-0.2, -0.15) is 0 Å². The van der Waals surface area contributed by atoms with Crippen LogP contribution in [0.2, 0.25) is 0 Å². The topological polar surface area (TPSA) is 67.3 Å². The molecular weight excluding hydrogens is 242 g/mol. The first-order chi connectivity index (χ1) is 8.29. The van der Waals surface area contributed by atoms with Crippen LogP contribution in [0.25, 0.3) is 11.0 Å². The van der Waals surface area contributed by atoms with Gasteiger partial charge in [-0.05, 0) is 12.1 Å². The van der Waals surface area contributed by atoms with Crippen LogP contribution in [0.4, 0.5) is 0 Å². The van der Waals surface area contributed by atoms with E-state index in [1.54, 1.807) is 0 Å². The van der Waals surface area contributed by atoms with Gasteiger partial charge in [-0.25, -0.2) is 9.78 Å². The van der Waals surface area contributed by atoms with Crippen LogP contribution in [-0.4, -0.2) is 28.0 Å². The van der Waals surface area contributed by atoms with Gasteiger partial charge in [0.1, 0.15) is 11.7 Å². The van der Waals surface area contributed by atoms with Crippen LogP contribution in [0.1, 0.15) is 5.82 Å². The summed E-state index contributed by atoms with van der Waals surface area (Å²) in [6.07, 6.45) is 1.92. The number of hydrogen-bond acceptors (Lipinski definition) is 4. The quantitative estimate of drug-likeness (QED) is 0.390. The van der Waals surface area contributed by atoms with Crippen molar-refractivity contribution in [2.45, 2.75) is 6.42 Å². The number of carbonyl (C=O) groups excluding carboxylic acids is 1. The zero-order valence-corrected chi connectivity index (χ0v) is 9.65. The summed E-state index contributed by atoms with van der Waals surface area (Å²) in [5, 5.41) is 3.49. The van der Waals surface area contributed by atoms with Crippen molar-refractivity contribution in [2.24, 2.45) is 5.16 Å². The Morgan fingerprint density at radius 3 is 3.12 bits per heavy atom. The fraction of sp³-hybridized carbons (Fsp3) is 0.182. The summed E-state index contributed by atoms with van der Waals surface area (Å²) in [7, 11) is 0. The zero-order chi connectivity index (χ0) is 12.1. The summed E-state index contributed by atoms with van der Waals surface area (Å²) in [6, 6.07) is 7.71. The maximum absolute atomic E-state index is 10.7. The van der Waals surface area contributed by atoms with E-state index in [-0.39, 0.29) is 5.88 Å². The van der Waals surface area contributed by atoms with Crippen LogP contribution in [0, 0.1) is 0 Å². The molecule has 0 aliphatic carbocycles. The Balaban J connectivity index is 1.97. The number of nitrogens with zero attached hydrogens (tertiary/aromatic N) is 2. The van der Waals surface area contributed by atoms with Crippen molar-refractivity contribution in [1.82, 2.24) is 9.97 Å². The molecule has 0 saturated heterocycles. The third kappa shape index (κ3) is 3.04. The summed E-state index contributed by atoms with van der Waals surface area (Å²) < 4.78 is 0. The van der Waals surface area contributed by atoms with Crippen molar-refractivity contribution in [1.29, 1.82) is 0 Å². The smallest absolute Gasteiger partial charge is 0.342 e. The van der Waals surface area contributed by atoms with Gasteiger partial charge in [0.25, 0.3) is 0 Å². The van der Waals surface area contributed by atoms with Crippen LogP contribution < -0.4 is 0 Å². The predicted octanol–water partition coefficient (Wildman–Crippen LogP) is 1.87. The van der Waals surface area contributed by atoms with E-state index in [0.29, 0.717) is 6.42 Å². The number of aromatic amines is 1. The first kappa shape index (κ1) is 11.6. The second-order valence-electron chi connectivity index (χ2n) is 3.29. The molecule has 0 aliphatic heterocycles. The maximum atomic E-state index is 10.7. The SMILES string of the molecule is O=C(CCl)ON=CCc1nc2ccccc2[nH]1. The highest BCUT2D eigenvalue weighted by atomic mass is 35.5. The molecule has 1 aromatic carbocycles. The fourth-order valence-corrected chi connectivity index (χ4v) is 1.40. The number of carbonyl (C=O) groups is 1. The number of imidazole rings is 1. The molecule has 6 heteroatoms. The van der Waals surface area contributed by atoms with E-state index in [9.17, 15) is 4.79 Å². The number of alkyl halides is 1. The van der Waals surface area contributed by atoms with Crippen molar-refractivity contribution < 1.29 is 9.63 Å². The number of aromatic nitrogens is 2. The maximum Gasteiger partial charge on any atom is 0.349 e. The van der Waals surface area contributed by atoms with Crippen LogP contribution in [-0.2, 0) is 16.1 Å². The molecular formula is C11H10ClN3O2. The average Bonchev–Trinajstić information content (AvgIpc) is 2.76. The summed E-state index contributed by atoms with van der Waals surface area (Å²) in [5.41, 5.74) is 1.86. The minimum atomic E-state index is -0.576. The number of fused-ring (bicyclic) bond motifs is 1. The number of hydrogen-bond donors (Lipinski definition) is 1. The molecule has 0 aliphatic rings. The number of halogens is 1. The van der Waals surface area contributed by atoms with Crippen molar-refractivity contribution in [2.75, 3.05) is 5.88 Å². The average molecular weight is 252 g/mol. The van der Waals surface area contributed by atoms with Gasteiger partial charge in [-0.1, -0.05) is 17.3 Å². The highest BCUT2D eigenvalue weighted by Gasteiger charge is 2.00. The lowest BCUT2D eigenvalue weighted by Crippen LogP contribution is -2.01. The van der Waals surface area contributed by atoms with E-state index in [1.165, 1.54) is 6.21 Å². The number of para-hydroxylation sites is 2. The molecule has 0 atom stereocenters. The van der Waals surface area contributed by atoms with Crippen molar-refractivity contribution in [3.05, 3.63) is 30.1 Å². The molecule has 1 aromatic heterocycles. The third-order valence-electron chi connectivity index (χ3n) is 2.06. The van der Waals surface area contributed by atoms with E-state index in [2.05, 4.69) is 20.0 Å². The Morgan fingerprint density at radius 1 is 1.53 bits per heavy atom. The zero-order valence-electron chi connectivity index (χ0n) is 8.89. The fourth-order valence-electron chi connectivity index (χ4n) is 1.35. The van der Waals surface area contributed by atoms with Gasteiger partial charge >= 0.3 is 5.97 Å². The summed E-state index contributed by atoms with van der Waals surface area (Å²) in [5.74, 6) is -0.0217. The van der Waals surface area contributed by atoms with Crippen LogP contribution in [0.3, 0.4) is 0 Å². The minimum absolute atomic E-state index is 0.206. The number of H-pyrrole nitrogens is 1. The second-order valence-corrected chi connectivity index (χ2v) is 3.56. The van der Waals surface area contributed by atoms with Gasteiger partial charge in [0.05, 0.1) is 17.2 Å². The van der Waals surface area contributed by atoms with E-state index < -0.39 is 5.97 Å². The molecule has 0 bridgehead atoms. The lowest BCUT2D eigenvalue weighted by molar-refractivity contribution is -0.140. The van der Waals surface area contributed by atoms with E-state index in [1.807, 2.05) is 24.3 Å². The molecule has 0 spiro atoms. The second kappa shape index (κ2) is 5.45. The molecule has 0 fully saturated rings. The normalized spacial score (nSPS) is 11.1. The molecule has 2 aromatic rings. The van der Waals surface area contributed by atoms with Gasteiger partial charge in [0.2, 0.25) is 0 Å². The summed E-state index contributed by atoms with van der Waals surface area (Å²) in [4.78, 5) is 22.6. The monoisotopic (exact) mass is 251 g/mol. The molecule has 0 radical (unpaired) electrons. The third-order valence-corrected chi connectivity index (χ3v) is 2.28.